The van der Waals surface area contributed by atoms with Gasteiger partial charge < -0.3 is 15.7 Å². The van der Waals surface area contributed by atoms with Crippen LogP contribution in [0, 0.1) is 0 Å². The van der Waals surface area contributed by atoms with Gasteiger partial charge in [0.15, 0.2) is 0 Å². The predicted molar refractivity (Wildman–Crippen MR) is 53.2 cm³/mol. The molecule has 0 aliphatic rings. The van der Waals surface area contributed by atoms with Crippen LogP contribution in [0.2, 0.25) is 0 Å². The number of carboxylic acids is 1. The largest absolute Gasteiger partial charge is 0.480 e. The van der Waals surface area contributed by atoms with Crippen LogP contribution in [0.1, 0.15) is 19.8 Å². The number of nitrogens with two attached hydrogens (primary N) is 1. The van der Waals surface area contributed by atoms with Gasteiger partial charge in [0.25, 0.3) is 0 Å². The van der Waals surface area contributed by atoms with E-state index in [9.17, 15) is 22.8 Å². The van der Waals surface area contributed by atoms with Crippen LogP contribution in [-0.4, -0.2) is 47.2 Å². The van der Waals surface area contributed by atoms with Crippen LogP contribution in [0.3, 0.4) is 0 Å². The Bertz CT molecular complexity index is 281. The molecule has 0 aliphatic heterocycles. The summed E-state index contributed by atoms with van der Waals surface area (Å²) in [7, 11) is 0. The van der Waals surface area contributed by atoms with Gasteiger partial charge in [-0.25, -0.2) is 0 Å². The van der Waals surface area contributed by atoms with E-state index in [-0.39, 0.29) is 11.3 Å². The molecule has 17 heavy (non-hydrogen) atoms. The molecule has 0 aromatic heterocycles. The molecule has 5 nitrogen and oxygen atoms in total. The molecule has 3 N–H and O–H groups in total. The van der Waals surface area contributed by atoms with Gasteiger partial charge in [-0.3, -0.25) is 9.59 Å². The van der Waals surface area contributed by atoms with Crippen LogP contribution < -0.4 is 5.73 Å². The first-order chi connectivity index (χ1) is 7.67. The second-order valence-corrected chi connectivity index (χ2v) is 3.60. The summed E-state index contributed by atoms with van der Waals surface area (Å²) < 4.78 is 36.4. The summed E-state index contributed by atoms with van der Waals surface area (Å²) >= 11 is 0. The third-order valence-corrected chi connectivity index (χ3v) is 1.92. The lowest BCUT2D eigenvalue weighted by molar-refractivity contribution is -0.166. The SMILES string of the molecule is CCC[C@H](N)C(=O)N(CC(=O)O)CC(F)(F)F. The van der Waals surface area contributed by atoms with Crippen molar-refractivity contribution in [1.29, 1.82) is 0 Å². The topological polar surface area (TPSA) is 83.6 Å². The minimum Gasteiger partial charge on any atom is -0.480 e. The highest BCUT2D eigenvalue weighted by atomic mass is 19.4. The van der Waals surface area contributed by atoms with E-state index in [1.807, 2.05) is 0 Å². The summed E-state index contributed by atoms with van der Waals surface area (Å²) in [4.78, 5) is 22.1. The molecular weight excluding hydrogens is 241 g/mol. The van der Waals surface area contributed by atoms with E-state index in [1.165, 1.54) is 0 Å². The van der Waals surface area contributed by atoms with E-state index in [0.717, 1.165) is 0 Å². The lowest BCUT2D eigenvalue weighted by Gasteiger charge is -2.24. The predicted octanol–water partition coefficient (Wildman–Crippen LogP) is 0.589. The smallest absolute Gasteiger partial charge is 0.406 e. The number of halogens is 3. The fourth-order valence-corrected chi connectivity index (χ4v) is 1.26. The molecule has 100 valence electrons. The minimum atomic E-state index is -4.64. The molecule has 0 radical (unpaired) electrons. The van der Waals surface area contributed by atoms with Crippen LogP contribution in [0.4, 0.5) is 13.2 Å². The van der Waals surface area contributed by atoms with Crippen LogP contribution in [-0.2, 0) is 9.59 Å². The fraction of sp³-hybridized carbons (Fsp3) is 0.778. The average molecular weight is 256 g/mol. The molecule has 1 atom stereocenters. The van der Waals surface area contributed by atoms with Crippen LogP contribution in [0.5, 0.6) is 0 Å². The summed E-state index contributed by atoms with van der Waals surface area (Å²) in [5.41, 5.74) is 5.37. The molecule has 0 saturated carbocycles. The Kier molecular flexibility index (Phi) is 5.94. The molecule has 0 aromatic carbocycles. The van der Waals surface area contributed by atoms with Crippen LogP contribution in [0.25, 0.3) is 0 Å². The van der Waals surface area contributed by atoms with Gasteiger partial charge in [-0.05, 0) is 6.42 Å². The molecule has 8 heteroatoms. The van der Waals surface area contributed by atoms with Crippen molar-refractivity contribution in [3.8, 4) is 0 Å². The standard InChI is InChI=1S/C9H15F3N2O3/c1-2-3-6(13)8(17)14(4-7(15)16)5-9(10,11)12/h6H,2-5,13H2,1H3,(H,15,16)/t6-/m0/s1. The Balaban J connectivity index is 4.67. The molecule has 0 bridgehead atoms. The Morgan fingerprint density at radius 1 is 1.41 bits per heavy atom. The number of carbonyl (C=O) groups is 2. The fourth-order valence-electron chi connectivity index (χ4n) is 1.26. The average Bonchev–Trinajstić information content (AvgIpc) is 2.13. The second-order valence-electron chi connectivity index (χ2n) is 3.60. The Morgan fingerprint density at radius 3 is 2.29 bits per heavy atom. The molecule has 0 unspecified atom stereocenters. The monoisotopic (exact) mass is 256 g/mol. The number of nitrogens with zero attached hydrogens (tertiary/aromatic N) is 1. The van der Waals surface area contributed by atoms with Gasteiger partial charge in [0.1, 0.15) is 13.1 Å². The number of amides is 1. The third-order valence-electron chi connectivity index (χ3n) is 1.92. The molecule has 0 saturated heterocycles. The Morgan fingerprint density at radius 2 is 1.94 bits per heavy atom. The van der Waals surface area contributed by atoms with Crippen LogP contribution >= 0.6 is 0 Å². The highest BCUT2D eigenvalue weighted by Gasteiger charge is 2.35. The number of alkyl halides is 3. The van der Waals surface area contributed by atoms with Gasteiger partial charge in [-0.15, -0.1) is 0 Å². The maximum Gasteiger partial charge on any atom is 0.406 e. The molecule has 0 rings (SSSR count). The van der Waals surface area contributed by atoms with Gasteiger partial charge in [0, 0.05) is 0 Å². The molecule has 0 aromatic rings. The summed E-state index contributed by atoms with van der Waals surface area (Å²) in [6.07, 6.45) is -3.90. The van der Waals surface area contributed by atoms with Gasteiger partial charge in [0.05, 0.1) is 6.04 Å². The van der Waals surface area contributed by atoms with E-state index in [2.05, 4.69) is 0 Å². The Hall–Kier alpha value is -1.31. The van der Waals surface area contributed by atoms with Crippen molar-refractivity contribution in [2.24, 2.45) is 5.73 Å². The zero-order valence-corrected chi connectivity index (χ0v) is 9.33. The minimum absolute atomic E-state index is 0.211. The van der Waals surface area contributed by atoms with Crippen molar-refractivity contribution in [1.82, 2.24) is 4.90 Å². The first kappa shape index (κ1) is 15.7. The highest BCUT2D eigenvalue weighted by molar-refractivity contribution is 5.85. The molecule has 0 fully saturated rings. The molecule has 0 heterocycles. The van der Waals surface area contributed by atoms with Crippen molar-refractivity contribution >= 4 is 11.9 Å². The van der Waals surface area contributed by atoms with E-state index in [4.69, 9.17) is 10.8 Å². The van der Waals surface area contributed by atoms with Gasteiger partial charge >= 0.3 is 12.1 Å². The van der Waals surface area contributed by atoms with Gasteiger partial charge in [-0.1, -0.05) is 13.3 Å². The molecule has 0 aliphatic carbocycles. The quantitative estimate of drug-likeness (QED) is 0.728. The van der Waals surface area contributed by atoms with Crippen molar-refractivity contribution in [3.63, 3.8) is 0 Å². The zero-order valence-electron chi connectivity index (χ0n) is 9.33. The summed E-state index contributed by atoms with van der Waals surface area (Å²) in [5.74, 6) is -2.50. The first-order valence-electron chi connectivity index (χ1n) is 5.00. The zero-order chi connectivity index (χ0) is 13.6. The highest BCUT2D eigenvalue weighted by Crippen LogP contribution is 2.17. The summed E-state index contributed by atoms with van der Waals surface area (Å²) in [5, 5.41) is 8.44. The van der Waals surface area contributed by atoms with Crippen LogP contribution in [0.15, 0.2) is 0 Å². The lowest BCUT2D eigenvalue weighted by Crippen LogP contribution is -2.49. The molecule has 0 spiro atoms. The third kappa shape index (κ3) is 6.77. The van der Waals surface area contributed by atoms with Gasteiger partial charge in [0.2, 0.25) is 5.91 Å². The van der Waals surface area contributed by atoms with E-state index in [0.29, 0.717) is 6.42 Å². The van der Waals surface area contributed by atoms with Crippen molar-refractivity contribution in [2.45, 2.75) is 32.0 Å². The number of aliphatic carboxylic acids is 1. The number of carbonyl (C=O) groups excluding carboxylic acids is 1. The number of hydrogen-bond donors (Lipinski definition) is 2. The summed E-state index contributed by atoms with van der Waals surface area (Å²) in [6.45, 7) is -0.885. The van der Waals surface area contributed by atoms with E-state index in [1.54, 1.807) is 6.92 Å². The Labute approximate surface area is 96.4 Å². The van der Waals surface area contributed by atoms with E-state index >= 15 is 0 Å². The normalized spacial score (nSPS) is 13.2. The van der Waals surface area contributed by atoms with E-state index < -0.39 is 37.2 Å². The van der Waals surface area contributed by atoms with Crippen molar-refractivity contribution in [3.05, 3.63) is 0 Å². The van der Waals surface area contributed by atoms with Crippen molar-refractivity contribution < 1.29 is 27.9 Å². The maximum atomic E-state index is 12.1. The number of rotatable bonds is 6. The number of hydrogen-bond acceptors (Lipinski definition) is 3. The molecular formula is C9H15F3N2O3. The summed E-state index contributed by atoms with van der Waals surface area (Å²) in [6, 6.07) is -1.10. The van der Waals surface area contributed by atoms with Gasteiger partial charge in [-0.2, -0.15) is 13.2 Å². The van der Waals surface area contributed by atoms with Crippen molar-refractivity contribution in [2.75, 3.05) is 13.1 Å². The molecule has 1 amide bonds. The second kappa shape index (κ2) is 6.43. The first-order valence-corrected chi connectivity index (χ1v) is 5.00. The maximum absolute atomic E-state index is 12.1. The number of carboxylic acid groups (broad SMARTS) is 1. The lowest BCUT2D eigenvalue weighted by atomic mass is 10.1.